The molecule has 0 fully saturated rings. The van der Waals surface area contributed by atoms with E-state index in [1.54, 1.807) is 0 Å². The maximum Gasteiger partial charge on any atom is -0.412 e. The second-order valence-corrected chi connectivity index (χ2v) is 13.5. The van der Waals surface area contributed by atoms with Gasteiger partial charge in [-0.2, -0.15) is 0 Å². The van der Waals surface area contributed by atoms with Crippen LogP contribution in [-0.2, 0) is 15.7 Å². The van der Waals surface area contributed by atoms with E-state index in [4.69, 9.17) is 6.15 Å². The summed E-state index contributed by atoms with van der Waals surface area (Å²) in [4.78, 5) is 22.4. The molecule has 0 heterocycles. The normalized spacial score (nSPS) is 10.4. The van der Waals surface area contributed by atoms with Gasteiger partial charge in [-0.3, -0.25) is 0 Å². The summed E-state index contributed by atoms with van der Waals surface area (Å²) in [5, 5.41) is 0. The van der Waals surface area contributed by atoms with Gasteiger partial charge in [-0.15, -0.1) is 0 Å². The molecule has 0 atom stereocenters. The number of hydrogen-bond acceptors (Lipinski definition) is 4. The van der Waals surface area contributed by atoms with E-state index in [2.05, 4.69) is 13.8 Å². The van der Waals surface area contributed by atoms with Crippen molar-refractivity contribution >= 4 is 31.1 Å². The zero-order valence-corrected chi connectivity index (χ0v) is 14.7. The Morgan fingerprint density at radius 2 is 1.22 bits per heavy atom. The van der Waals surface area contributed by atoms with Crippen LogP contribution in [0.1, 0.15) is 53.4 Å². The van der Waals surface area contributed by atoms with Crippen molar-refractivity contribution in [3.8, 4) is 0 Å². The monoisotopic (exact) mass is 370 g/mol. The van der Waals surface area contributed by atoms with Crippen molar-refractivity contribution in [1.29, 1.82) is 0 Å². The molecule has 0 aromatic heterocycles. The molecule has 0 unspecified atom stereocenters. The molecular weight excluding hydrogens is 343 g/mol. The molecular formula is C12H26O5Sn. The van der Waals surface area contributed by atoms with E-state index in [1.165, 1.54) is 13.8 Å². The fourth-order valence-corrected chi connectivity index (χ4v) is 11.8. The molecule has 0 aliphatic rings. The van der Waals surface area contributed by atoms with Gasteiger partial charge in [0.05, 0.1) is 0 Å². The first-order valence-electron chi connectivity index (χ1n) is 6.35. The van der Waals surface area contributed by atoms with Crippen molar-refractivity contribution in [3.05, 3.63) is 0 Å². The van der Waals surface area contributed by atoms with E-state index in [0.29, 0.717) is 0 Å². The van der Waals surface area contributed by atoms with Gasteiger partial charge in [0.1, 0.15) is 0 Å². The summed E-state index contributed by atoms with van der Waals surface area (Å²) in [5.41, 5.74) is 0. The van der Waals surface area contributed by atoms with Gasteiger partial charge in [0.25, 0.3) is 0 Å². The number of carbonyl (C=O) groups is 2. The number of carbonyl (C=O) groups excluding carboxylic acids is 2. The van der Waals surface area contributed by atoms with Crippen LogP contribution < -0.4 is 0 Å². The minimum Gasteiger partial charge on any atom is -0.412 e. The third-order valence-corrected chi connectivity index (χ3v) is 12.6. The van der Waals surface area contributed by atoms with Gasteiger partial charge < -0.3 is 5.48 Å². The van der Waals surface area contributed by atoms with E-state index in [0.717, 1.165) is 34.6 Å². The molecule has 0 spiro atoms. The predicted octanol–water partition coefficient (Wildman–Crippen LogP) is 2.33. The van der Waals surface area contributed by atoms with Gasteiger partial charge in [-0.25, -0.2) is 0 Å². The van der Waals surface area contributed by atoms with Gasteiger partial charge >= 0.3 is 109 Å². The Hall–Kier alpha value is -0.301. The first-order valence-corrected chi connectivity index (χ1v) is 12.7. The molecule has 0 bridgehead atoms. The first kappa shape index (κ1) is 20.0. The molecule has 108 valence electrons. The molecule has 0 radical (unpaired) electrons. The summed E-state index contributed by atoms with van der Waals surface area (Å²) in [5.74, 6) is -0.622. The molecule has 6 heteroatoms. The molecule has 0 aliphatic heterocycles. The van der Waals surface area contributed by atoms with Crippen LogP contribution in [-0.4, -0.2) is 36.6 Å². The van der Waals surface area contributed by atoms with Gasteiger partial charge in [0, 0.05) is 0 Å². The maximum atomic E-state index is 11.2. The van der Waals surface area contributed by atoms with E-state index in [-0.39, 0.29) is 17.4 Å². The third-order valence-electron chi connectivity index (χ3n) is 2.48. The fraction of sp³-hybridized carbons (Fsp3) is 0.833. The van der Waals surface area contributed by atoms with E-state index >= 15 is 0 Å². The van der Waals surface area contributed by atoms with Crippen LogP contribution >= 0.6 is 0 Å². The van der Waals surface area contributed by atoms with Gasteiger partial charge in [0.2, 0.25) is 0 Å². The third kappa shape index (κ3) is 8.74. The van der Waals surface area contributed by atoms with Gasteiger partial charge in [-0.1, -0.05) is 0 Å². The van der Waals surface area contributed by atoms with Crippen LogP contribution in [0.5, 0.6) is 0 Å². The second-order valence-electron chi connectivity index (χ2n) is 4.31. The molecule has 2 N–H and O–H groups in total. The summed E-state index contributed by atoms with van der Waals surface area (Å²) >= 11 is -3.49. The molecule has 0 aliphatic carbocycles. The van der Waals surface area contributed by atoms with Crippen LogP contribution in [0, 0.1) is 0 Å². The van der Waals surface area contributed by atoms with Crippen LogP contribution in [0.15, 0.2) is 0 Å². The van der Waals surface area contributed by atoms with E-state index < -0.39 is 19.2 Å². The van der Waals surface area contributed by atoms with E-state index in [1.807, 2.05) is 0 Å². The topological polar surface area (TPSA) is 84.1 Å². The van der Waals surface area contributed by atoms with Crippen LogP contribution in [0.2, 0.25) is 8.87 Å². The summed E-state index contributed by atoms with van der Waals surface area (Å²) in [6.45, 7) is 6.95. The van der Waals surface area contributed by atoms with Crippen LogP contribution in [0.25, 0.3) is 0 Å². The van der Waals surface area contributed by atoms with Crippen molar-refractivity contribution in [1.82, 2.24) is 0 Å². The molecule has 18 heavy (non-hydrogen) atoms. The summed E-state index contributed by atoms with van der Waals surface area (Å²) < 4.78 is 12.5. The van der Waals surface area contributed by atoms with E-state index in [9.17, 15) is 9.59 Å². The van der Waals surface area contributed by atoms with Crippen molar-refractivity contribution in [3.63, 3.8) is 0 Å². The SMILES string of the molecule is CCC[CH2][Sn]([CH2]CCC)([O]C(C)=O)[O]C(C)=O.O. The Balaban J connectivity index is 0. The van der Waals surface area contributed by atoms with Crippen LogP contribution in [0.4, 0.5) is 0 Å². The summed E-state index contributed by atoms with van der Waals surface area (Å²) in [6, 6.07) is 0. The van der Waals surface area contributed by atoms with Crippen molar-refractivity contribution in [2.75, 3.05) is 0 Å². The standard InChI is InChI=1S/2C4H9.2C2H4O2.H2O.Sn/c2*1-3-4-2;2*1-2(3)4;;/h2*1,3-4H2,2H3;2*1H3,(H,3,4);1H2;/q;;;;;+2/p-2. The van der Waals surface area contributed by atoms with Crippen molar-refractivity contribution in [2.24, 2.45) is 0 Å². The molecule has 0 amide bonds. The van der Waals surface area contributed by atoms with Gasteiger partial charge in [-0.05, 0) is 0 Å². The summed E-state index contributed by atoms with van der Waals surface area (Å²) in [7, 11) is 0. The predicted molar refractivity (Wildman–Crippen MR) is 72.3 cm³/mol. The minimum absolute atomic E-state index is 0. The smallest absolute Gasteiger partial charge is 0.412 e. The maximum absolute atomic E-state index is 11.2. The average molecular weight is 369 g/mol. The summed E-state index contributed by atoms with van der Waals surface area (Å²) in [6.07, 6.45) is 3.96. The van der Waals surface area contributed by atoms with Crippen molar-refractivity contribution < 1.29 is 21.2 Å². The fourth-order valence-electron chi connectivity index (χ4n) is 1.77. The minimum atomic E-state index is -3.49. The zero-order valence-electron chi connectivity index (χ0n) is 11.9. The average Bonchev–Trinajstić information content (AvgIpc) is 2.22. The molecule has 0 rings (SSSR count). The molecule has 0 aromatic carbocycles. The largest absolute Gasteiger partial charge is 0.412 e. The zero-order chi connectivity index (χ0) is 13.3. The Morgan fingerprint density at radius 1 is 0.889 bits per heavy atom. The Morgan fingerprint density at radius 3 is 1.44 bits per heavy atom. The number of hydrogen-bond donors (Lipinski definition) is 0. The number of rotatable bonds is 8. The molecule has 5 nitrogen and oxygen atoms in total. The second kappa shape index (κ2) is 10.6. The first-order chi connectivity index (χ1) is 7.95. The Bertz CT molecular complexity index is 229. The molecule has 0 saturated carbocycles. The van der Waals surface area contributed by atoms with Crippen molar-refractivity contribution in [2.45, 2.75) is 62.3 Å². The Labute approximate surface area is 115 Å². The quantitative estimate of drug-likeness (QED) is 0.615. The molecule has 0 saturated heterocycles. The Kier molecular flexibility index (Phi) is 11.8. The number of unbranched alkanes of at least 4 members (excludes halogenated alkanes) is 2. The van der Waals surface area contributed by atoms with Gasteiger partial charge in [0.15, 0.2) is 0 Å². The molecule has 0 aromatic rings. The van der Waals surface area contributed by atoms with Crippen LogP contribution in [0.3, 0.4) is 0 Å².